The fourth-order valence-corrected chi connectivity index (χ4v) is 2.58. The summed E-state index contributed by atoms with van der Waals surface area (Å²) in [5.41, 5.74) is 0.242. The van der Waals surface area contributed by atoms with Crippen LogP contribution in [0.2, 0.25) is 0 Å². The molecular weight excluding hydrogens is 305 g/mol. The zero-order valence-electron chi connectivity index (χ0n) is 11.5. The van der Waals surface area contributed by atoms with Gasteiger partial charge in [0, 0.05) is 4.88 Å². The third kappa shape index (κ3) is 3.37. The van der Waals surface area contributed by atoms with Gasteiger partial charge in [0.05, 0.1) is 18.5 Å². The summed E-state index contributed by atoms with van der Waals surface area (Å²) < 4.78 is 19.0. The molecule has 0 aliphatic rings. The number of nitrogens with zero attached hydrogens (tertiary/aromatic N) is 2. The van der Waals surface area contributed by atoms with Crippen LogP contribution in [0.3, 0.4) is 0 Å². The van der Waals surface area contributed by atoms with Gasteiger partial charge in [-0.25, -0.2) is 4.39 Å². The molecule has 0 radical (unpaired) electrons. The first kappa shape index (κ1) is 14.4. The van der Waals surface area contributed by atoms with E-state index in [4.69, 9.17) is 4.42 Å². The summed E-state index contributed by atoms with van der Waals surface area (Å²) in [5, 5.41) is 12.2. The Morgan fingerprint density at radius 2 is 2.09 bits per heavy atom. The lowest BCUT2D eigenvalue weighted by molar-refractivity contribution is -0.120. The molecule has 0 saturated carbocycles. The lowest BCUT2D eigenvalue weighted by Gasteiger charge is -2.00. The van der Waals surface area contributed by atoms with E-state index in [-0.39, 0.29) is 29.8 Å². The Labute approximate surface area is 129 Å². The number of hydrogen-bond acceptors (Lipinski definition) is 5. The van der Waals surface area contributed by atoms with Crippen molar-refractivity contribution in [2.75, 3.05) is 0 Å². The zero-order valence-corrected chi connectivity index (χ0v) is 12.3. The van der Waals surface area contributed by atoms with Gasteiger partial charge in [0.15, 0.2) is 0 Å². The van der Waals surface area contributed by atoms with Crippen LogP contribution in [0, 0.1) is 5.82 Å². The third-order valence-electron chi connectivity index (χ3n) is 2.92. The summed E-state index contributed by atoms with van der Waals surface area (Å²) in [4.78, 5) is 12.7. The summed E-state index contributed by atoms with van der Waals surface area (Å²) in [7, 11) is 0. The lowest BCUT2D eigenvalue weighted by atomic mass is 10.2. The zero-order chi connectivity index (χ0) is 15.4. The normalized spacial score (nSPS) is 10.6. The Bertz CT molecular complexity index is 771. The highest BCUT2D eigenvalue weighted by Crippen LogP contribution is 2.20. The van der Waals surface area contributed by atoms with E-state index < -0.39 is 5.82 Å². The monoisotopic (exact) mass is 317 g/mol. The van der Waals surface area contributed by atoms with Crippen molar-refractivity contribution in [3.8, 4) is 11.5 Å². The third-order valence-corrected chi connectivity index (χ3v) is 3.80. The van der Waals surface area contributed by atoms with Crippen LogP contribution in [-0.4, -0.2) is 16.1 Å². The molecule has 0 spiro atoms. The smallest absolute Gasteiger partial charge is 0.250 e. The molecule has 1 aromatic carbocycles. The van der Waals surface area contributed by atoms with E-state index in [1.807, 2.05) is 17.5 Å². The first-order valence-corrected chi connectivity index (χ1v) is 7.46. The highest BCUT2D eigenvalue weighted by molar-refractivity contribution is 7.10. The number of amides is 1. The van der Waals surface area contributed by atoms with Gasteiger partial charge < -0.3 is 9.73 Å². The second kappa shape index (κ2) is 6.48. The largest absolute Gasteiger partial charge is 0.419 e. The summed E-state index contributed by atoms with van der Waals surface area (Å²) in [6.07, 6.45) is 0.311. The van der Waals surface area contributed by atoms with E-state index in [2.05, 4.69) is 15.5 Å². The number of thiophene rings is 1. The molecule has 2 aromatic heterocycles. The van der Waals surface area contributed by atoms with Crippen LogP contribution in [0.4, 0.5) is 4.39 Å². The maximum Gasteiger partial charge on any atom is 0.250 e. The quantitative estimate of drug-likeness (QED) is 0.785. The van der Waals surface area contributed by atoms with Crippen molar-refractivity contribution < 1.29 is 13.6 Å². The summed E-state index contributed by atoms with van der Waals surface area (Å²) in [5.74, 6) is -0.231. The van der Waals surface area contributed by atoms with E-state index in [0.29, 0.717) is 6.42 Å². The Hall–Kier alpha value is -2.54. The highest BCUT2D eigenvalue weighted by atomic mass is 32.1. The Balaban J connectivity index is 1.60. The molecule has 1 amide bonds. The van der Waals surface area contributed by atoms with Crippen molar-refractivity contribution in [3.05, 3.63) is 58.4 Å². The van der Waals surface area contributed by atoms with E-state index in [0.717, 1.165) is 4.88 Å². The summed E-state index contributed by atoms with van der Waals surface area (Å²) >= 11 is 1.52. The second-order valence-electron chi connectivity index (χ2n) is 4.51. The van der Waals surface area contributed by atoms with Crippen LogP contribution in [0.1, 0.15) is 10.8 Å². The maximum absolute atomic E-state index is 13.6. The highest BCUT2D eigenvalue weighted by Gasteiger charge is 2.13. The maximum atomic E-state index is 13.6. The van der Waals surface area contributed by atoms with Crippen LogP contribution in [0.5, 0.6) is 0 Å². The van der Waals surface area contributed by atoms with Crippen molar-refractivity contribution >= 4 is 17.2 Å². The molecule has 2 heterocycles. The van der Waals surface area contributed by atoms with E-state index in [9.17, 15) is 9.18 Å². The molecule has 0 unspecified atom stereocenters. The van der Waals surface area contributed by atoms with E-state index in [1.165, 1.54) is 17.4 Å². The van der Waals surface area contributed by atoms with Gasteiger partial charge in [-0.05, 0) is 23.6 Å². The molecule has 5 nitrogen and oxygen atoms in total. The minimum atomic E-state index is -0.431. The molecule has 1 N–H and O–H groups in total. The first-order valence-electron chi connectivity index (χ1n) is 6.59. The summed E-state index contributed by atoms with van der Waals surface area (Å²) in [6, 6.07) is 9.94. The number of benzene rings is 1. The minimum absolute atomic E-state index is 0.0978. The van der Waals surface area contributed by atoms with Crippen molar-refractivity contribution in [1.29, 1.82) is 0 Å². The summed E-state index contributed by atoms with van der Waals surface area (Å²) in [6.45, 7) is 0.117. The van der Waals surface area contributed by atoms with Gasteiger partial charge >= 0.3 is 0 Å². The van der Waals surface area contributed by atoms with Crippen molar-refractivity contribution in [2.24, 2.45) is 0 Å². The molecule has 0 bridgehead atoms. The topological polar surface area (TPSA) is 68.0 Å². The number of aromatic nitrogens is 2. The number of carbonyl (C=O) groups excluding carboxylic acids is 1. The number of rotatable bonds is 5. The predicted molar refractivity (Wildman–Crippen MR) is 79.6 cm³/mol. The average Bonchev–Trinajstić information content (AvgIpc) is 3.17. The Morgan fingerprint density at radius 3 is 2.86 bits per heavy atom. The molecule has 0 atom stereocenters. The van der Waals surface area contributed by atoms with Gasteiger partial charge in [0.1, 0.15) is 5.82 Å². The second-order valence-corrected chi connectivity index (χ2v) is 5.55. The van der Waals surface area contributed by atoms with Gasteiger partial charge in [0.25, 0.3) is 5.89 Å². The van der Waals surface area contributed by atoms with E-state index in [1.54, 1.807) is 18.2 Å². The van der Waals surface area contributed by atoms with Gasteiger partial charge in [0.2, 0.25) is 11.8 Å². The molecule has 3 rings (SSSR count). The molecule has 0 saturated heterocycles. The molecule has 0 fully saturated rings. The molecule has 22 heavy (non-hydrogen) atoms. The van der Waals surface area contributed by atoms with Gasteiger partial charge in [-0.1, -0.05) is 18.2 Å². The standard InChI is InChI=1S/C15H12FN3O2S/c16-12-6-2-1-5-11(12)15-19-18-14(21-15)9-17-13(20)8-10-4-3-7-22-10/h1-7H,8-9H2,(H,17,20). The van der Waals surface area contributed by atoms with Crippen LogP contribution in [0.15, 0.2) is 46.2 Å². The van der Waals surface area contributed by atoms with Crippen molar-refractivity contribution in [1.82, 2.24) is 15.5 Å². The van der Waals surface area contributed by atoms with Crippen LogP contribution >= 0.6 is 11.3 Å². The van der Waals surface area contributed by atoms with Crippen molar-refractivity contribution in [3.63, 3.8) is 0 Å². The lowest BCUT2D eigenvalue weighted by Crippen LogP contribution is -2.24. The van der Waals surface area contributed by atoms with Crippen LogP contribution in [0.25, 0.3) is 11.5 Å². The molecule has 112 valence electrons. The fourth-order valence-electron chi connectivity index (χ4n) is 1.88. The molecule has 0 aliphatic carbocycles. The molecular formula is C15H12FN3O2S. The molecule has 7 heteroatoms. The number of carbonyl (C=O) groups is 1. The number of hydrogen-bond donors (Lipinski definition) is 1. The molecule has 3 aromatic rings. The Kier molecular flexibility index (Phi) is 4.24. The van der Waals surface area contributed by atoms with Gasteiger partial charge in [-0.3, -0.25) is 4.79 Å². The predicted octanol–water partition coefficient (Wildman–Crippen LogP) is 2.80. The number of halogens is 1. The Morgan fingerprint density at radius 1 is 1.23 bits per heavy atom. The average molecular weight is 317 g/mol. The minimum Gasteiger partial charge on any atom is -0.419 e. The van der Waals surface area contributed by atoms with Gasteiger partial charge in [-0.15, -0.1) is 21.5 Å². The first-order chi connectivity index (χ1) is 10.7. The van der Waals surface area contributed by atoms with Crippen LogP contribution in [-0.2, 0) is 17.8 Å². The number of nitrogens with one attached hydrogen (secondary N) is 1. The fraction of sp³-hybridized carbons (Fsp3) is 0.133. The van der Waals surface area contributed by atoms with Gasteiger partial charge in [-0.2, -0.15) is 0 Å². The molecule has 0 aliphatic heterocycles. The van der Waals surface area contributed by atoms with E-state index >= 15 is 0 Å². The SMILES string of the molecule is O=C(Cc1cccs1)NCc1nnc(-c2ccccc2F)o1. The van der Waals surface area contributed by atoms with Crippen molar-refractivity contribution in [2.45, 2.75) is 13.0 Å². The van der Waals surface area contributed by atoms with Crippen LogP contribution < -0.4 is 5.32 Å².